The lowest BCUT2D eigenvalue weighted by atomic mass is 10.0. The lowest BCUT2D eigenvalue weighted by molar-refractivity contribution is 1.20. The van der Waals surface area contributed by atoms with Crippen LogP contribution in [0.5, 0.6) is 0 Å². The van der Waals surface area contributed by atoms with Crippen LogP contribution in [-0.2, 0) is 6.42 Å². The minimum Gasteiger partial charge on any atom is -0.247 e. The van der Waals surface area contributed by atoms with Gasteiger partial charge in [0.2, 0.25) is 0 Å². The molecule has 0 spiro atoms. The van der Waals surface area contributed by atoms with Crippen molar-refractivity contribution in [2.45, 2.75) is 6.42 Å². The molecule has 0 aliphatic carbocycles. The zero-order valence-corrected chi connectivity index (χ0v) is 17.9. The fourth-order valence-corrected chi connectivity index (χ4v) is 3.80. The Morgan fingerprint density at radius 1 is 0.704 bits per heavy atom. The van der Waals surface area contributed by atoms with Gasteiger partial charge in [0.05, 0.1) is 54.0 Å². The summed E-state index contributed by atoms with van der Waals surface area (Å²) >= 11 is 37.0. The molecule has 27 heavy (non-hydrogen) atoms. The summed E-state index contributed by atoms with van der Waals surface area (Å²) in [6.07, 6.45) is 0.147. The predicted octanol–water partition coefficient (Wildman–Crippen LogP) is 8.40. The van der Waals surface area contributed by atoms with Gasteiger partial charge in [0.15, 0.2) is 0 Å². The van der Waals surface area contributed by atoms with Crippen molar-refractivity contribution < 1.29 is 0 Å². The molecule has 0 aliphatic heterocycles. The molecule has 0 saturated carbocycles. The highest BCUT2D eigenvalue weighted by molar-refractivity contribution is 6.44. The molecule has 3 rings (SSSR count). The van der Waals surface area contributed by atoms with Crippen molar-refractivity contribution in [1.82, 2.24) is 4.98 Å². The Morgan fingerprint density at radius 3 is 1.81 bits per heavy atom. The van der Waals surface area contributed by atoms with Crippen molar-refractivity contribution in [3.63, 3.8) is 0 Å². The number of hydrogen-bond donors (Lipinski definition) is 0. The molecule has 0 amide bonds. The van der Waals surface area contributed by atoms with Crippen molar-refractivity contribution in [3.05, 3.63) is 72.1 Å². The molecule has 0 bridgehead atoms. The van der Waals surface area contributed by atoms with Gasteiger partial charge in [-0.1, -0.05) is 75.7 Å². The van der Waals surface area contributed by atoms with Crippen LogP contribution in [0.4, 0.5) is 0 Å². The molecule has 0 saturated heterocycles. The molecule has 1 aromatic heterocycles. The van der Waals surface area contributed by atoms with Gasteiger partial charge < -0.3 is 0 Å². The molecule has 2 aromatic carbocycles. The second kappa shape index (κ2) is 8.45. The Hall–Kier alpha value is -1.18. The van der Waals surface area contributed by atoms with E-state index in [9.17, 15) is 0 Å². The smallest absolute Gasteiger partial charge is 0.0767 e. The Bertz CT molecular complexity index is 1090. The van der Waals surface area contributed by atoms with Crippen LogP contribution in [0, 0.1) is 11.3 Å². The first-order valence-corrected chi connectivity index (χ1v) is 9.75. The second-order valence-electron chi connectivity index (χ2n) is 5.53. The summed E-state index contributed by atoms with van der Waals surface area (Å²) in [4.78, 5) is 4.67. The van der Waals surface area contributed by atoms with Crippen LogP contribution in [0.2, 0.25) is 30.1 Å². The molecule has 0 unspecified atom stereocenters. The van der Waals surface area contributed by atoms with E-state index in [0.29, 0.717) is 58.2 Å². The zero-order valence-electron chi connectivity index (χ0n) is 13.3. The van der Waals surface area contributed by atoms with Gasteiger partial charge in [0.25, 0.3) is 0 Å². The second-order valence-corrected chi connectivity index (χ2v) is 7.97. The van der Waals surface area contributed by atoms with E-state index >= 15 is 0 Å². The van der Waals surface area contributed by atoms with E-state index in [-0.39, 0.29) is 6.42 Å². The van der Waals surface area contributed by atoms with Crippen LogP contribution >= 0.6 is 69.6 Å². The third-order valence-electron chi connectivity index (χ3n) is 3.80. The van der Waals surface area contributed by atoms with Crippen molar-refractivity contribution in [3.8, 4) is 28.6 Å². The lowest BCUT2D eigenvalue weighted by Gasteiger charge is -2.13. The molecule has 2 nitrogen and oxygen atoms in total. The van der Waals surface area contributed by atoms with Gasteiger partial charge in [-0.15, -0.1) is 0 Å². The molecule has 8 heteroatoms. The molecular weight excluding hydrogens is 469 g/mol. The largest absolute Gasteiger partial charge is 0.247 e. The summed E-state index contributed by atoms with van der Waals surface area (Å²) in [5, 5.41) is 11.3. The van der Waals surface area contributed by atoms with Gasteiger partial charge in [-0.2, -0.15) is 5.26 Å². The summed E-state index contributed by atoms with van der Waals surface area (Å²) in [5.74, 6) is 0. The standard InChI is InChI=1S/C19H8Cl6N2/c20-12-7-16(24)14(22)5-10(12)18-2-1-9(3-4-26)19(27-18)11-6-15(23)17(25)8-13(11)21/h1-2,5-8H,3H2. The van der Waals surface area contributed by atoms with Crippen LogP contribution in [-0.4, -0.2) is 4.98 Å². The number of nitrogens with zero attached hydrogens (tertiary/aromatic N) is 2. The minimum atomic E-state index is 0.147. The van der Waals surface area contributed by atoms with Crippen LogP contribution in [0.15, 0.2) is 36.4 Å². The number of pyridine rings is 1. The van der Waals surface area contributed by atoms with E-state index in [2.05, 4.69) is 11.1 Å². The maximum absolute atomic E-state index is 9.15. The quantitative estimate of drug-likeness (QED) is 0.356. The molecule has 3 aromatic rings. The van der Waals surface area contributed by atoms with E-state index in [4.69, 9.17) is 74.9 Å². The summed E-state index contributed by atoms with van der Waals surface area (Å²) in [7, 11) is 0. The Balaban J connectivity index is 2.25. The molecule has 0 fully saturated rings. The maximum Gasteiger partial charge on any atom is 0.0767 e. The van der Waals surface area contributed by atoms with E-state index in [0.717, 1.165) is 0 Å². The molecule has 0 radical (unpaired) electrons. The topological polar surface area (TPSA) is 36.7 Å². The van der Waals surface area contributed by atoms with Crippen molar-refractivity contribution in [2.75, 3.05) is 0 Å². The molecular formula is C19H8Cl6N2. The number of hydrogen-bond acceptors (Lipinski definition) is 2. The third-order valence-corrected chi connectivity index (χ3v) is 5.87. The van der Waals surface area contributed by atoms with Gasteiger partial charge >= 0.3 is 0 Å². The highest BCUT2D eigenvalue weighted by atomic mass is 35.5. The van der Waals surface area contributed by atoms with Crippen molar-refractivity contribution in [1.29, 1.82) is 5.26 Å². The van der Waals surface area contributed by atoms with Crippen LogP contribution in [0.25, 0.3) is 22.5 Å². The summed E-state index contributed by atoms with van der Waals surface area (Å²) in [6, 6.07) is 12.0. The first kappa shape index (κ1) is 20.6. The van der Waals surface area contributed by atoms with Gasteiger partial charge in [-0.05, 0) is 35.9 Å². The Labute approximate surface area is 186 Å². The number of halogens is 6. The predicted molar refractivity (Wildman–Crippen MR) is 114 cm³/mol. The third kappa shape index (κ3) is 4.30. The molecule has 0 aliphatic rings. The Kier molecular flexibility index (Phi) is 6.43. The zero-order chi connectivity index (χ0) is 19.7. The normalized spacial score (nSPS) is 10.7. The molecule has 0 N–H and O–H groups in total. The van der Waals surface area contributed by atoms with E-state index < -0.39 is 0 Å². The number of rotatable bonds is 3. The van der Waals surface area contributed by atoms with Gasteiger partial charge in [0.1, 0.15) is 0 Å². The fraction of sp³-hybridized carbons (Fsp3) is 0.0526. The highest BCUT2D eigenvalue weighted by Gasteiger charge is 2.16. The number of nitriles is 1. The van der Waals surface area contributed by atoms with Crippen LogP contribution in [0.1, 0.15) is 5.56 Å². The molecule has 136 valence electrons. The highest BCUT2D eigenvalue weighted by Crippen LogP contribution is 2.39. The first-order valence-electron chi connectivity index (χ1n) is 7.48. The number of aromatic nitrogens is 1. The van der Waals surface area contributed by atoms with Crippen molar-refractivity contribution >= 4 is 69.6 Å². The van der Waals surface area contributed by atoms with E-state index in [1.54, 1.807) is 30.3 Å². The maximum atomic E-state index is 9.15. The first-order chi connectivity index (χ1) is 12.8. The molecule has 1 heterocycles. The van der Waals surface area contributed by atoms with Gasteiger partial charge in [-0.25, -0.2) is 4.98 Å². The monoisotopic (exact) mass is 474 g/mol. The summed E-state index contributed by atoms with van der Waals surface area (Å²) in [6.45, 7) is 0. The van der Waals surface area contributed by atoms with Crippen molar-refractivity contribution in [2.24, 2.45) is 0 Å². The summed E-state index contributed by atoms with van der Waals surface area (Å²) < 4.78 is 0. The van der Waals surface area contributed by atoms with E-state index in [1.165, 1.54) is 6.07 Å². The van der Waals surface area contributed by atoms with Gasteiger partial charge in [0, 0.05) is 11.1 Å². The summed E-state index contributed by atoms with van der Waals surface area (Å²) in [5.41, 5.74) is 2.93. The Morgan fingerprint density at radius 2 is 1.22 bits per heavy atom. The van der Waals surface area contributed by atoms with Gasteiger partial charge in [-0.3, -0.25) is 0 Å². The fourth-order valence-electron chi connectivity index (χ4n) is 2.52. The average molecular weight is 477 g/mol. The average Bonchev–Trinajstić information content (AvgIpc) is 2.62. The van der Waals surface area contributed by atoms with E-state index in [1.807, 2.05) is 0 Å². The lowest BCUT2D eigenvalue weighted by Crippen LogP contribution is -1.96. The minimum absolute atomic E-state index is 0.147. The van der Waals surface area contributed by atoms with Crippen LogP contribution < -0.4 is 0 Å². The van der Waals surface area contributed by atoms with Crippen LogP contribution in [0.3, 0.4) is 0 Å². The molecule has 0 atom stereocenters. The SMILES string of the molecule is N#CCc1ccc(-c2cc(Cl)c(Cl)cc2Cl)nc1-c1cc(Cl)c(Cl)cc1Cl. The number of benzene rings is 2.